The maximum Gasteiger partial charge on any atom is 0.269 e. The van der Waals surface area contributed by atoms with Gasteiger partial charge in [-0.25, -0.2) is 9.67 Å². The van der Waals surface area contributed by atoms with Crippen molar-refractivity contribution >= 4 is 18.0 Å². The van der Waals surface area contributed by atoms with Gasteiger partial charge in [0.25, 0.3) is 5.91 Å². The number of benzene rings is 1. The molecule has 26 heavy (non-hydrogen) atoms. The van der Waals surface area contributed by atoms with Crippen LogP contribution in [0.15, 0.2) is 40.4 Å². The summed E-state index contributed by atoms with van der Waals surface area (Å²) in [7, 11) is 0. The Morgan fingerprint density at radius 2 is 2.04 bits per heavy atom. The number of hydrogen-bond acceptors (Lipinski definition) is 5. The SMILES string of the molecule is NC(=O)c1nn(-c2ccc(C3=NCC=N3)cc2)c2c1CCc1[nH]ncc1-2. The Morgan fingerprint density at radius 3 is 2.77 bits per heavy atom. The van der Waals surface area contributed by atoms with Crippen molar-refractivity contribution in [2.24, 2.45) is 15.7 Å². The molecule has 2 aromatic heterocycles. The van der Waals surface area contributed by atoms with E-state index in [2.05, 4.69) is 25.3 Å². The predicted molar refractivity (Wildman–Crippen MR) is 97.0 cm³/mol. The van der Waals surface area contributed by atoms with Gasteiger partial charge >= 0.3 is 0 Å². The number of amides is 1. The lowest BCUT2D eigenvalue weighted by Crippen LogP contribution is -2.15. The number of hydrogen-bond donors (Lipinski definition) is 2. The van der Waals surface area contributed by atoms with Crippen LogP contribution < -0.4 is 5.73 Å². The molecule has 0 radical (unpaired) electrons. The van der Waals surface area contributed by atoms with Crippen molar-refractivity contribution in [2.75, 3.05) is 6.54 Å². The van der Waals surface area contributed by atoms with E-state index < -0.39 is 5.91 Å². The number of primary amides is 1. The highest BCUT2D eigenvalue weighted by atomic mass is 16.1. The first-order chi connectivity index (χ1) is 12.7. The van der Waals surface area contributed by atoms with E-state index in [0.29, 0.717) is 18.7 Å². The summed E-state index contributed by atoms with van der Waals surface area (Å²) >= 11 is 0. The lowest BCUT2D eigenvalue weighted by Gasteiger charge is -2.14. The van der Waals surface area contributed by atoms with E-state index in [1.807, 2.05) is 24.3 Å². The number of amidine groups is 1. The van der Waals surface area contributed by atoms with Gasteiger partial charge < -0.3 is 5.73 Å². The zero-order chi connectivity index (χ0) is 17.7. The fourth-order valence-electron chi connectivity index (χ4n) is 3.52. The van der Waals surface area contributed by atoms with E-state index in [4.69, 9.17) is 5.73 Å². The van der Waals surface area contributed by atoms with Crippen molar-refractivity contribution < 1.29 is 4.79 Å². The van der Waals surface area contributed by atoms with Crippen LogP contribution >= 0.6 is 0 Å². The van der Waals surface area contributed by atoms with Gasteiger partial charge in [-0.3, -0.25) is 14.9 Å². The van der Waals surface area contributed by atoms with Gasteiger partial charge in [-0.2, -0.15) is 10.2 Å². The second kappa shape index (κ2) is 5.48. The molecule has 3 N–H and O–H groups in total. The molecular weight excluding hydrogens is 330 g/mol. The number of aromatic amines is 1. The number of aryl methyl sites for hydroxylation is 1. The maximum atomic E-state index is 11.9. The van der Waals surface area contributed by atoms with Crippen LogP contribution in [0.4, 0.5) is 0 Å². The Kier molecular flexibility index (Phi) is 3.11. The van der Waals surface area contributed by atoms with Crippen LogP contribution in [0, 0.1) is 0 Å². The average molecular weight is 345 g/mol. The fourth-order valence-corrected chi connectivity index (χ4v) is 3.52. The van der Waals surface area contributed by atoms with E-state index in [1.54, 1.807) is 17.1 Å². The quantitative estimate of drug-likeness (QED) is 0.745. The van der Waals surface area contributed by atoms with Gasteiger partial charge in [-0.1, -0.05) is 0 Å². The number of aliphatic imine (C=N–C) groups is 2. The largest absolute Gasteiger partial charge is 0.364 e. The molecule has 8 heteroatoms. The zero-order valence-electron chi connectivity index (χ0n) is 13.8. The van der Waals surface area contributed by atoms with E-state index in [1.165, 1.54) is 0 Å². The van der Waals surface area contributed by atoms with E-state index in [0.717, 1.165) is 46.0 Å². The van der Waals surface area contributed by atoms with Crippen molar-refractivity contribution in [1.29, 1.82) is 0 Å². The average Bonchev–Trinajstić information content (AvgIpc) is 3.39. The van der Waals surface area contributed by atoms with Crippen LogP contribution in [0.1, 0.15) is 27.3 Å². The van der Waals surface area contributed by atoms with Crippen LogP contribution in [-0.2, 0) is 12.8 Å². The van der Waals surface area contributed by atoms with Crippen LogP contribution in [-0.4, -0.2) is 44.5 Å². The molecule has 3 heterocycles. The number of H-pyrrole nitrogens is 1. The second-order valence-corrected chi connectivity index (χ2v) is 6.24. The first-order valence-electron chi connectivity index (χ1n) is 8.34. The summed E-state index contributed by atoms with van der Waals surface area (Å²) in [6, 6.07) is 7.79. The topological polar surface area (TPSA) is 114 Å². The molecule has 5 rings (SSSR count). The van der Waals surface area contributed by atoms with Crippen LogP contribution in [0.2, 0.25) is 0 Å². The second-order valence-electron chi connectivity index (χ2n) is 6.24. The third-order valence-corrected chi connectivity index (χ3v) is 4.72. The van der Waals surface area contributed by atoms with Crippen molar-refractivity contribution in [1.82, 2.24) is 20.0 Å². The Morgan fingerprint density at radius 1 is 1.19 bits per heavy atom. The number of carbonyl (C=O) groups excluding carboxylic acids is 1. The van der Waals surface area contributed by atoms with E-state index in [9.17, 15) is 4.79 Å². The molecule has 128 valence electrons. The van der Waals surface area contributed by atoms with Gasteiger partial charge in [0.2, 0.25) is 0 Å². The zero-order valence-corrected chi connectivity index (χ0v) is 13.8. The molecule has 0 spiro atoms. The molecule has 0 bridgehead atoms. The highest BCUT2D eigenvalue weighted by molar-refractivity contribution is 6.06. The minimum Gasteiger partial charge on any atom is -0.364 e. The summed E-state index contributed by atoms with van der Waals surface area (Å²) in [5, 5.41) is 11.7. The summed E-state index contributed by atoms with van der Waals surface area (Å²) in [6.07, 6.45) is 5.04. The van der Waals surface area contributed by atoms with E-state index >= 15 is 0 Å². The number of nitrogens with two attached hydrogens (primary N) is 1. The van der Waals surface area contributed by atoms with Gasteiger partial charge in [0.15, 0.2) is 11.5 Å². The van der Waals surface area contributed by atoms with Crippen LogP contribution in [0.3, 0.4) is 0 Å². The van der Waals surface area contributed by atoms with Crippen LogP contribution in [0.5, 0.6) is 0 Å². The number of fused-ring (bicyclic) bond motifs is 3. The Balaban J connectivity index is 1.66. The number of aromatic nitrogens is 4. The maximum absolute atomic E-state index is 11.9. The number of nitrogens with zero attached hydrogens (tertiary/aromatic N) is 5. The summed E-state index contributed by atoms with van der Waals surface area (Å²) in [4.78, 5) is 20.5. The molecule has 3 aromatic rings. The normalized spacial score (nSPS) is 14.8. The van der Waals surface area contributed by atoms with Crippen LogP contribution in [0.25, 0.3) is 16.9 Å². The summed E-state index contributed by atoms with van der Waals surface area (Å²) < 4.78 is 1.77. The monoisotopic (exact) mass is 345 g/mol. The first-order valence-corrected chi connectivity index (χ1v) is 8.34. The third-order valence-electron chi connectivity index (χ3n) is 4.72. The van der Waals surface area contributed by atoms with Gasteiger partial charge in [0.05, 0.1) is 24.1 Å². The Bertz CT molecular complexity index is 1090. The molecule has 1 amide bonds. The lowest BCUT2D eigenvalue weighted by molar-refractivity contribution is 0.0994. The highest BCUT2D eigenvalue weighted by Gasteiger charge is 2.29. The van der Waals surface area contributed by atoms with E-state index in [-0.39, 0.29) is 0 Å². The standard InChI is InChI=1S/C18H15N7O/c19-17(26)15-12-5-6-14-13(9-22-23-14)16(12)25(24-15)11-3-1-10(2-4-11)18-20-7-8-21-18/h1-4,7,9H,5-6,8H2,(H2,19,26)(H,22,23). The Labute approximate surface area is 148 Å². The van der Waals surface area contributed by atoms with Crippen molar-refractivity contribution in [3.8, 4) is 16.9 Å². The lowest BCUT2D eigenvalue weighted by atomic mass is 9.93. The Hall–Kier alpha value is -3.55. The molecule has 0 atom stereocenters. The molecule has 1 aliphatic heterocycles. The summed E-state index contributed by atoms with van der Waals surface area (Å²) in [6.45, 7) is 0.620. The number of carbonyl (C=O) groups is 1. The summed E-state index contributed by atoms with van der Waals surface area (Å²) in [5.41, 5.74) is 11.4. The molecule has 0 saturated carbocycles. The predicted octanol–water partition coefficient (Wildman–Crippen LogP) is 1.29. The van der Waals surface area contributed by atoms with Crippen molar-refractivity contribution in [3.63, 3.8) is 0 Å². The van der Waals surface area contributed by atoms with Gasteiger partial charge in [0, 0.05) is 28.6 Å². The van der Waals surface area contributed by atoms with Gasteiger partial charge in [-0.05, 0) is 37.1 Å². The molecule has 0 saturated heterocycles. The van der Waals surface area contributed by atoms with Gasteiger partial charge in [0.1, 0.15) is 0 Å². The summed E-state index contributed by atoms with van der Waals surface area (Å²) in [5.74, 6) is 0.215. The molecule has 1 aliphatic carbocycles. The molecule has 2 aliphatic rings. The number of rotatable bonds is 3. The third kappa shape index (κ3) is 2.12. The molecule has 0 unspecified atom stereocenters. The molecule has 1 aromatic carbocycles. The van der Waals surface area contributed by atoms with Crippen molar-refractivity contribution in [2.45, 2.75) is 12.8 Å². The highest BCUT2D eigenvalue weighted by Crippen LogP contribution is 2.35. The smallest absolute Gasteiger partial charge is 0.269 e. The molecule has 0 fully saturated rings. The molecule has 8 nitrogen and oxygen atoms in total. The molecular formula is C18H15N7O. The van der Waals surface area contributed by atoms with Gasteiger partial charge in [-0.15, -0.1) is 0 Å². The fraction of sp³-hybridized carbons (Fsp3) is 0.167. The minimum atomic E-state index is -0.516. The first kappa shape index (κ1) is 14.8. The van der Waals surface area contributed by atoms with Crippen molar-refractivity contribution in [3.05, 3.63) is 53.0 Å². The number of nitrogens with one attached hydrogen (secondary N) is 1. The minimum absolute atomic E-state index is 0.320.